The number of ether oxygens (including phenoxy) is 1. The lowest BCUT2D eigenvalue weighted by molar-refractivity contribution is 0.0691. The fourth-order valence-electron chi connectivity index (χ4n) is 1.96. The Morgan fingerprint density at radius 2 is 2.39 bits per heavy atom. The summed E-state index contributed by atoms with van der Waals surface area (Å²) in [7, 11) is 0. The molecule has 0 aliphatic carbocycles. The van der Waals surface area contributed by atoms with Crippen LogP contribution in [0, 0.1) is 6.92 Å². The van der Waals surface area contributed by atoms with Crippen LogP contribution >= 0.6 is 11.8 Å². The third-order valence-electron chi connectivity index (χ3n) is 3.02. The molecule has 4 nitrogen and oxygen atoms in total. The van der Waals surface area contributed by atoms with Crippen LogP contribution in [0.4, 0.5) is 0 Å². The molecule has 2 atom stereocenters. The van der Waals surface area contributed by atoms with Gasteiger partial charge in [-0.15, -0.1) is 0 Å². The lowest BCUT2D eigenvalue weighted by atomic mass is 10.1. The van der Waals surface area contributed by atoms with Crippen LogP contribution in [0.15, 0.2) is 6.07 Å². The molecule has 0 aromatic carbocycles. The Balaban J connectivity index is 2.14. The molecule has 0 saturated carbocycles. The van der Waals surface area contributed by atoms with Gasteiger partial charge in [0.2, 0.25) is 0 Å². The minimum Gasteiger partial charge on any atom is -0.368 e. The van der Waals surface area contributed by atoms with Gasteiger partial charge in [-0.1, -0.05) is 6.92 Å². The Kier molecular flexibility index (Phi) is 4.97. The van der Waals surface area contributed by atoms with E-state index in [2.05, 4.69) is 16.9 Å². The molecular formula is C13H21N3OS. The number of rotatable bonds is 4. The zero-order valence-corrected chi connectivity index (χ0v) is 11.9. The molecule has 0 amide bonds. The number of hydrogen-bond acceptors (Lipinski definition) is 5. The van der Waals surface area contributed by atoms with Gasteiger partial charge >= 0.3 is 0 Å². The Morgan fingerprint density at radius 1 is 1.56 bits per heavy atom. The second-order valence-corrected chi connectivity index (χ2v) is 5.82. The van der Waals surface area contributed by atoms with E-state index in [1.807, 2.05) is 24.8 Å². The minimum atomic E-state index is 0.0419. The van der Waals surface area contributed by atoms with Crippen molar-refractivity contribution < 1.29 is 4.74 Å². The van der Waals surface area contributed by atoms with Gasteiger partial charge in [-0.25, -0.2) is 9.97 Å². The molecular weight excluding hydrogens is 246 g/mol. The smallest absolute Gasteiger partial charge is 0.158 e. The van der Waals surface area contributed by atoms with E-state index in [-0.39, 0.29) is 12.1 Å². The summed E-state index contributed by atoms with van der Waals surface area (Å²) in [6.45, 7) is 4.89. The predicted octanol–water partition coefficient (Wildman–Crippen LogP) is 1.87. The summed E-state index contributed by atoms with van der Waals surface area (Å²) in [4.78, 5) is 9.12. The monoisotopic (exact) mass is 267 g/mol. The first kappa shape index (κ1) is 13.8. The van der Waals surface area contributed by atoms with E-state index in [0.717, 1.165) is 48.2 Å². The number of nitrogens with zero attached hydrogens (tertiary/aromatic N) is 2. The van der Waals surface area contributed by atoms with Gasteiger partial charge < -0.3 is 10.5 Å². The summed E-state index contributed by atoms with van der Waals surface area (Å²) >= 11 is 1.90. The first-order chi connectivity index (χ1) is 8.69. The quantitative estimate of drug-likeness (QED) is 0.902. The Bertz CT molecular complexity index is 394. The van der Waals surface area contributed by atoms with Crippen molar-refractivity contribution in [3.63, 3.8) is 0 Å². The molecule has 1 fully saturated rings. The van der Waals surface area contributed by atoms with Gasteiger partial charge in [-0.05, 0) is 19.4 Å². The van der Waals surface area contributed by atoms with Gasteiger partial charge in [0.15, 0.2) is 5.82 Å². The lowest BCUT2D eigenvalue weighted by Crippen LogP contribution is -2.24. The number of hydrogen-bond donors (Lipinski definition) is 1. The fourth-order valence-corrected chi connectivity index (χ4v) is 2.80. The average molecular weight is 267 g/mol. The van der Waals surface area contributed by atoms with Crippen molar-refractivity contribution >= 4 is 11.8 Å². The Morgan fingerprint density at radius 3 is 3.06 bits per heavy atom. The predicted molar refractivity (Wildman–Crippen MR) is 74.8 cm³/mol. The topological polar surface area (TPSA) is 61.0 Å². The first-order valence-corrected chi connectivity index (χ1v) is 7.64. The van der Waals surface area contributed by atoms with Gasteiger partial charge in [0.25, 0.3) is 0 Å². The number of aromatic nitrogens is 2. The summed E-state index contributed by atoms with van der Waals surface area (Å²) in [6, 6.07) is 2.20. The third kappa shape index (κ3) is 3.67. The molecule has 0 spiro atoms. The highest BCUT2D eigenvalue weighted by atomic mass is 32.2. The molecule has 2 rings (SSSR count). The van der Waals surface area contributed by atoms with Crippen molar-refractivity contribution in [2.45, 2.75) is 38.8 Å². The summed E-state index contributed by atoms with van der Waals surface area (Å²) in [6.07, 6.45) is 1.82. The largest absolute Gasteiger partial charge is 0.368 e. The van der Waals surface area contributed by atoms with Crippen molar-refractivity contribution in [3.8, 4) is 0 Å². The summed E-state index contributed by atoms with van der Waals surface area (Å²) in [5, 5.41) is 0. The van der Waals surface area contributed by atoms with Crippen molar-refractivity contribution in [1.82, 2.24) is 9.97 Å². The molecule has 5 heteroatoms. The number of aryl methyl sites for hydroxylation is 1. The fraction of sp³-hybridized carbons (Fsp3) is 0.692. The number of thioether (sulfide) groups is 1. The van der Waals surface area contributed by atoms with Crippen LogP contribution < -0.4 is 5.73 Å². The normalized spacial score (nSPS) is 21.8. The van der Waals surface area contributed by atoms with E-state index in [1.165, 1.54) is 0 Å². The zero-order valence-electron chi connectivity index (χ0n) is 11.1. The Labute approximate surface area is 113 Å². The van der Waals surface area contributed by atoms with Crippen molar-refractivity contribution in [2.75, 3.05) is 18.1 Å². The standard InChI is InChI=1S/C13H21N3OS/c1-3-10(14)7-11-6-9(2)15-13(16-11)12-8-18-5-4-17-12/h6,10,12H,3-5,7-8,14H2,1-2H3. The van der Waals surface area contributed by atoms with E-state index in [4.69, 9.17) is 10.5 Å². The third-order valence-corrected chi connectivity index (χ3v) is 4.02. The van der Waals surface area contributed by atoms with Crippen LogP contribution in [0.2, 0.25) is 0 Å². The van der Waals surface area contributed by atoms with Gasteiger partial charge in [-0.3, -0.25) is 0 Å². The van der Waals surface area contributed by atoms with E-state index < -0.39 is 0 Å². The van der Waals surface area contributed by atoms with Gasteiger partial charge in [0, 0.05) is 35.4 Å². The molecule has 0 radical (unpaired) electrons. The molecule has 0 bridgehead atoms. The second kappa shape index (κ2) is 6.50. The molecule has 1 aliphatic rings. The zero-order chi connectivity index (χ0) is 13.0. The highest BCUT2D eigenvalue weighted by Crippen LogP contribution is 2.24. The molecule has 100 valence electrons. The van der Waals surface area contributed by atoms with Crippen LogP contribution in [-0.4, -0.2) is 34.1 Å². The van der Waals surface area contributed by atoms with Crippen molar-refractivity contribution in [2.24, 2.45) is 5.73 Å². The highest BCUT2D eigenvalue weighted by Gasteiger charge is 2.20. The van der Waals surface area contributed by atoms with E-state index >= 15 is 0 Å². The van der Waals surface area contributed by atoms with Gasteiger partial charge in [-0.2, -0.15) is 11.8 Å². The molecule has 1 aromatic heterocycles. The summed E-state index contributed by atoms with van der Waals surface area (Å²) in [5.41, 5.74) is 8.02. The van der Waals surface area contributed by atoms with Crippen molar-refractivity contribution in [1.29, 1.82) is 0 Å². The van der Waals surface area contributed by atoms with Crippen LogP contribution in [-0.2, 0) is 11.2 Å². The van der Waals surface area contributed by atoms with Gasteiger partial charge in [0.1, 0.15) is 6.10 Å². The maximum atomic E-state index is 5.99. The van der Waals surface area contributed by atoms with E-state index in [0.29, 0.717) is 0 Å². The molecule has 2 N–H and O–H groups in total. The summed E-state index contributed by atoms with van der Waals surface area (Å²) < 4.78 is 5.73. The average Bonchev–Trinajstić information content (AvgIpc) is 2.39. The molecule has 1 aliphatic heterocycles. The minimum absolute atomic E-state index is 0.0419. The maximum absolute atomic E-state index is 5.99. The second-order valence-electron chi connectivity index (χ2n) is 4.67. The molecule has 18 heavy (non-hydrogen) atoms. The Hall–Kier alpha value is -0.650. The van der Waals surface area contributed by atoms with Crippen LogP contribution in [0.1, 0.15) is 36.7 Å². The van der Waals surface area contributed by atoms with E-state index in [1.54, 1.807) is 0 Å². The highest BCUT2D eigenvalue weighted by molar-refractivity contribution is 7.99. The van der Waals surface area contributed by atoms with Gasteiger partial charge in [0.05, 0.1) is 6.61 Å². The lowest BCUT2D eigenvalue weighted by Gasteiger charge is -2.21. The molecule has 1 saturated heterocycles. The van der Waals surface area contributed by atoms with Crippen LogP contribution in [0.5, 0.6) is 0 Å². The van der Waals surface area contributed by atoms with Crippen molar-refractivity contribution in [3.05, 3.63) is 23.3 Å². The van der Waals surface area contributed by atoms with E-state index in [9.17, 15) is 0 Å². The molecule has 2 unspecified atom stereocenters. The van der Waals surface area contributed by atoms with Crippen LogP contribution in [0.25, 0.3) is 0 Å². The maximum Gasteiger partial charge on any atom is 0.158 e. The van der Waals surface area contributed by atoms with Crippen LogP contribution in [0.3, 0.4) is 0 Å². The SMILES string of the molecule is CCC(N)Cc1cc(C)nc(C2CSCCO2)n1. The summed E-state index contributed by atoms with van der Waals surface area (Å²) in [5.74, 6) is 2.83. The number of nitrogens with two attached hydrogens (primary N) is 1. The molecule has 2 heterocycles. The molecule has 1 aromatic rings. The first-order valence-electron chi connectivity index (χ1n) is 6.48.